The van der Waals surface area contributed by atoms with Crippen LogP contribution in [0.4, 0.5) is 10.1 Å². The van der Waals surface area contributed by atoms with E-state index >= 15 is 0 Å². The van der Waals surface area contributed by atoms with Gasteiger partial charge in [-0.2, -0.15) is 0 Å². The van der Waals surface area contributed by atoms with Crippen LogP contribution in [0.2, 0.25) is 0 Å². The fourth-order valence-corrected chi connectivity index (χ4v) is 5.34. The van der Waals surface area contributed by atoms with E-state index in [2.05, 4.69) is 21.2 Å². The van der Waals surface area contributed by atoms with E-state index in [0.717, 1.165) is 14.3 Å². The van der Waals surface area contributed by atoms with Gasteiger partial charge in [-0.25, -0.2) is 12.8 Å². The summed E-state index contributed by atoms with van der Waals surface area (Å²) in [6.07, 6.45) is 0. The topological polar surface area (TPSA) is 86.8 Å². The van der Waals surface area contributed by atoms with Gasteiger partial charge in [-0.05, 0) is 74.9 Å². The van der Waals surface area contributed by atoms with Crippen molar-refractivity contribution in [2.75, 3.05) is 17.4 Å². The minimum Gasteiger partial charge on any atom is -0.355 e. The van der Waals surface area contributed by atoms with Crippen molar-refractivity contribution in [3.05, 3.63) is 94.2 Å². The highest BCUT2D eigenvalue weighted by molar-refractivity contribution is 9.10. The van der Waals surface area contributed by atoms with Gasteiger partial charge in [0, 0.05) is 17.6 Å². The average molecular weight is 591 g/mol. The van der Waals surface area contributed by atoms with E-state index in [1.54, 1.807) is 50.2 Å². The number of nitrogens with one attached hydrogen (secondary N) is 1. The lowest BCUT2D eigenvalue weighted by atomic mass is 10.1. The maximum Gasteiger partial charge on any atom is 0.264 e. The zero-order valence-electron chi connectivity index (χ0n) is 20.8. The third-order valence-corrected chi connectivity index (χ3v) is 8.10. The maximum absolute atomic E-state index is 13.7. The second-order valence-corrected chi connectivity index (χ2v) is 11.3. The van der Waals surface area contributed by atoms with Crippen LogP contribution in [0.5, 0.6) is 0 Å². The lowest BCUT2D eigenvalue weighted by Gasteiger charge is -2.32. The predicted molar refractivity (Wildman–Crippen MR) is 145 cm³/mol. The van der Waals surface area contributed by atoms with Gasteiger partial charge in [0.2, 0.25) is 11.8 Å². The quantitative estimate of drug-likeness (QED) is 0.373. The minimum absolute atomic E-state index is 0.00380. The third kappa shape index (κ3) is 7.17. The molecule has 10 heteroatoms. The summed E-state index contributed by atoms with van der Waals surface area (Å²) >= 11 is 3.35. The molecule has 7 nitrogen and oxygen atoms in total. The van der Waals surface area contributed by atoms with E-state index < -0.39 is 34.3 Å². The molecule has 0 fully saturated rings. The Labute approximate surface area is 225 Å². The highest BCUT2D eigenvalue weighted by Gasteiger charge is 2.32. The molecule has 2 amide bonds. The fraction of sp³-hybridized carbons (Fsp3) is 0.259. The summed E-state index contributed by atoms with van der Waals surface area (Å²) in [4.78, 5) is 27.7. The summed E-state index contributed by atoms with van der Waals surface area (Å²) in [7, 11) is -4.13. The summed E-state index contributed by atoms with van der Waals surface area (Å²) in [5.41, 5.74) is 1.79. The monoisotopic (exact) mass is 589 g/mol. The number of hydrogen-bond acceptors (Lipinski definition) is 4. The first-order valence-electron chi connectivity index (χ1n) is 11.7. The first-order valence-corrected chi connectivity index (χ1v) is 13.9. The first-order chi connectivity index (χ1) is 17.5. The van der Waals surface area contributed by atoms with Gasteiger partial charge >= 0.3 is 0 Å². The largest absolute Gasteiger partial charge is 0.355 e. The normalized spacial score (nSPS) is 12.0. The molecule has 3 aromatic rings. The van der Waals surface area contributed by atoms with Crippen molar-refractivity contribution in [3.63, 3.8) is 0 Å². The van der Waals surface area contributed by atoms with Crippen molar-refractivity contribution in [2.45, 2.75) is 38.3 Å². The Hall–Kier alpha value is -3.24. The van der Waals surface area contributed by atoms with Crippen LogP contribution in [-0.4, -0.2) is 44.3 Å². The number of carbonyl (C=O) groups excluding carboxylic acids is 2. The number of carbonyl (C=O) groups is 2. The molecule has 196 valence electrons. The predicted octanol–water partition coefficient (Wildman–Crippen LogP) is 4.65. The lowest BCUT2D eigenvalue weighted by molar-refractivity contribution is -0.139. The van der Waals surface area contributed by atoms with E-state index in [4.69, 9.17) is 0 Å². The van der Waals surface area contributed by atoms with Gasteiger partial charge in [0.05, 0.1) is 10.6 Å². The van der Waals surface area contributed by atoms with Crippen LogP contribution in [-0.2, 0) is 26.2 Å². The molecule has 0 aromatic heterocycles. The number of benzene rings is 3. The number of halogens is 2. The highest BCUT2D eigenvalue weighted by Crippen LogP contribution is 2.26. The average Bonchev–Trinajstić information content (AvgIpc) is 2.87. The van der Waals surface area contributed by atoms with Crippen molar-refractivity contribution in [1.29, 1.82) is 0 Å². The smallest absolute Gasteiger partial charge is 0.264 e. The molecular formula is C27H29BrFN3O4S. The van der Waals surface area contributed by atoms with Crippen LogP contribution in [0.3, 0.4) is 0 Å². The summed E-state index contributed by atoms with van der Waals surface area (Å²) in [5, 5.41) is 2.70. The van der Waals surface area contributed by atoms with Crippen molar-refractivity contribution < 1.29 is 22.4 Å². The second-order valence-electron chi connectivity index (χ2n) is 8.52. The lowest BCUT2D eigenvalue weighted by Crippen LogP contribution is -2.51. The van der Waals surface area contributed by atoms with Crippen molar-refractivity contribution in [3.8, 4) is 0 Å². The minimum atomic E-state index is -4.13. The van der Waals surface area contributed by atoms with E-state index in [1.165, 1.54) is 41.3 Å². The van der Waals surface area contributed by atoms with E-state index in [9.17, 15) is 22.4 Å². The standard InChI is InChI=1S/C27H29BrFN3O4S/c1-4-30-27(34)20(3)31(17-21-7-11-23(29)12-8-21)26(33)18-32(24-13-9-22(28)10-14-24)37(35,36)25-15-5-19(2)6-16-25/h5-16,20H,4,17-18H2,1-3H3,(H,30,34)/t20-/m0/s1. The Morgan fingerprint density at radius 1 is 0.973 bits per heavy atom. The molecule has 0 saturated heterocycles. The summed E-state index contributed by atoms with van der Waals surface area (Å²) in [5.74, 6) is -1.39. The molecule has 0 radical (unpaired) electrons. The number of aryl methyl sites for hydroxylation is 1. The van der Waals surface area contributed by atoms with Crippen LogP contribution < -0.4 is 9.62 Å². The SMILES string of the molecule is CCNC(=O)[C@H](C)N(Cc1ccc(F)cc1)C(=O)CN(c1ccc(Br)cc1)S(=O)(=O)c1ccc(C)cc1. The zero-order valence-corrected chi connectivity index (χ0v) is 23.2. The van der Waals surface area contributed by atoms with E-state index in [0.29, 0.717) is 17.8 Å². The molecule has 0 spiro atoms. The van der Waals surface area contributed by atoms with Gasteiger partial charge in [-0.3, -0.25) is 13.9 Å². The molecule has 1 N–H and O–H groups in total. The zero-order chi connectivity index (χ0) is 27.2. The Balaban J connectivity index is 2.01. The number of rotatable bonds is 10. The number of amides is 2. The third-order valence-electron chi connectivity index (χ3n) is 5.79. The van der Waals surface area contributed by atoms with Crippen molar-refractivity contribution in [2.24, 2.45) is 0 Å². The molecule has 0 aliphatic heterocycles. The van der Waals surface area contributed by atoms with Crippen LogP contribution in [0, 0.1) is 12.7 Å². The number of hydrogen-bond donors (Lipinski definition) is 1. The van der Waals surface area contributed by atoms with Gasteiger partial charge in [0.15, 0.2) is 0 Å². The summed E-state index contributed by atoms with van der Waals surface area (Å²) in [6, 6.07) is 17.6. The van der Waals surface area contributed by atoms with Gasteiger partial charge in [0.1, 0.15) is 18.4 Å². The molecule has 3 rings (SSSR count). The Morgan fingerprint density at radius 3 is 2.14 bits per heavy atom. The summed E-state index contributed by atoms with van der Waals surface area (Å²) in [6.45, 7) is 5.01. The van der Waals surface area contributed by atoms with Gasteiger partial charge in [-0.1, -0.05) is 45.8 Å². The molecule has 3 aromatic carbocycles. The Kier molecular flexibility index (Phi) is 9.45. The number of anilines is 1. The van der Waals surface area contributed by atoms with Crippen molar-refractivity contribution >= 4 is 43.5 Å². The molecule has 0 aliphatic rings. The second kappa shape index (κ2) is 12.3. The molecular weight excluding hydrogens is 561 g/mol. The molecule has 0 aliphatic carbocycles. The molecule has 1 atom stereocenters. The van der Waals surface area contributed by atoms with E-state index in [-0.39, 0.29) is 17.3 Å². The Morgan fingerprint density at radius 2 is 1.57 bits per heavy atom. The van der Waals surface area contributed by atoms with E-state index in [1.807, 2.05) is 6.92 Å². The first kappa shape index (κ1) is 28.3. The van der Waals surface area contributed by atoms with Gasteiger partial charge < -0.3 is 10.2 Å². The molecule has 0 bridgehead atoms. The molecule has 0 saturated carbocycles. The number of likely N-dealkylation sites (N-methyl/N-ethyl adjacent to an activating group) is 1. The molecule has 37 heavy (non-hydrogen) atoms. The van der Waals surface area contributed by atoms with Crippen LogP contribution in [0.15, 0.2) is 82.2 Å². The van der Waals surface area contributed by atoms with Gasteiger partial charge in [-0.15, -0.1) is 0 Å². The number of nitrogens with zero attached hydrogens (tertiary/aromatic N) is 2. The Bertz CT molecular complexity index is 1330. The van der Waals surface area contributed by atoms with Crippen molar-refractivity contribution in [1.82, 2.24) is 10.2 Å². The van der Waals surface area contributed by atoms with Gasteiger partial charge in [0.25, 0.3) is 10.0 Å². The molecule has 0 unspecified atom stereocenters. The maximum atomic E-state index is 13.7. The number of sulfonamides is 1. The highest BCUT2D eigenvalue weighted by atomic mass is 79.9. The molecule has 0 heterocycles. The van der Waals surface area contributed by atoms with Crippen LogP contribution in [0.1, 0.15) is 25.0 Å². The summed E-state index contributed by atoms with van der Waals surface area (Å²) < 4.78 is 42.7. The van der Waals surface area contributed by atoms with Crippen LogP contribution in [0.25, 0.3) is 0 Å². The fourth-order valence-electron chi connectivity index (χ4n) is 3.66. The van der Waals surface area contributed by atoms with Crippen LogP contribution >= 0.6 is 15.9 Å².